The van der Waals surface area contributed by atoms with Gasteiger partial charge in [0.15, 0.2) is 11.6 Å². The van der Waals surface area contributed by atoms with Crippen molar-refractivity contribution in [2.75, 3.05) is 6.54 Å². The normalized spacial score (nSPS) is 15.8. The van der Waals surface area contributed by atoms with Gasteiger partial charge in [-0.3, -0.25) is 9.59 Å². The van der Waals surface area contributed by atoms with Gasteiger partial charge in [-0.05, 0) is 38.0 Å². The van der Waals surface area contributed by atoms with E-state index in [4.69, 9.17) is 0 Å². The van der Waals surface area contributed by atoms with E-state index in [1.165, 1.54) is 12.5 Å². The van der Waals surface area contributed by atoms with Crippen LogP contribution in [-0.4, -0.2) is 37.9 Å². The molecule has 0 N–H and O–H groups in total. The summed E-state index contributed by atoms with van der Waals surface area (Å²) in [7, 11) is 0. The quantitative estimate of drug-likeness (QED) is 0.628. The van der Waals surface area contributed by atoms with Gasteiger partial charge in [0.05, 0.1) is 12.6 Å². The number of carbonyl (C=O) groups is 2. The third-order valence-electron chi connectivity index (χ3n) is 5.38. The van der Waals surface area contributed by atoms with Gasteiger partial charge in [0.1, 0.15) is 5.82 Å². The molecule has 0 unspecified atom stereocenters. The lowest BCUT2D eigenvalue weighted by molar-refractivity contribution is 0.0679. The van der Waals surface area contributed by atoms with Gasteiger partial charge in [-0.2, -0.15) is 0 Å². The van der Waals surface area contributed by atoms with Gasteiger partial charge >= 0.3 is 0 Å². The van der Waals surface area contributed by atoms with Crippen LogP contribution >= 0.6 is 0 Å². The molecule has 4 rings (SSSR count). The van der Waals surface area contributed by atoms with Crippen LogP contribution in [0.4, 0.5) is 0 Å². The van der Waals surface area contributed by atoms with Crippen molar-refractivity contribution < 1.29 is 9.59 Å². The lowest BCUT2D eigenvalue weighted by Crippen LogP contribution is -2.40. The van der Waals surface area contributed by atoms with Crippen molar-refractivity contribution in [1.82, 2.24) is 19.7 Å². The Bertz CT molecular complexity index is 1040. The molecule has 29 heavy (non-hydrogen) atoms. The maximum Gasteiger partial charge on any atom is 0.254 e. The van der Waals surface area contributed by atoms with Gasteiger partial charge in [0, 0.05) is 24.1 Å². The predicted molar refractivity (Wildman–Crippen MR) is 110 cm³/mol. The molecule has 1 aromatic heterocycles. The van der Waals surface area contributed by atoms with Gasteiger partial charge in [0.2, 0.25) is 0 Å². The van der Waals surface area contributed by atoms with Crippen LogP contribution in [0.15, 0.2) is 54.6 Å². The number of rotatable bonds is 5. The zero-order chi connectivity index (χ0) is 20.4. The van der Waals surface area contributed by atoms with E-state index in [9.17, 15) is 9.59 Å². The molecule has 6 heteroatoms. The minimum Gasteiger partial charge on any atom is -0.329 e. The molecule has 1 aliphatic rings. The number of aromatic nitrogens is 3. The first-order chi connectivity index (χ1) is 14.0. The summed E-state index contributed by atoms with van der Waals surface area (Å²) in [4.78, 5) is 26.4. The average Bonchev–Trinajstić information content (AvgIpc) is 3.16. The van der Waals surface area contributed by atoms with E-state index < -0.39 is 0 Å². The van der Waals surface area contributed by atoms with Crippen molar-refractivity contribution in [2.24, 2.45) is 0 Å². The second-order valence-corrected chi connectivity index (χ2v) is 7.56. The van der Waals surface area contributed by atoms with Crippen LogP contribution in [0.1, 0.15) is 57.8 Å². The van der Waals surface area contributed by atoms with Crippen molar-refractivity contribution in [3.8, 4) is 0 Å². The van der Waals surface area contributed by atoms with Crippen molar-refractivity contribution in [2.45, 2.75) is 39.3 Å². The smallest absolute Gasteiger partial charge is 0.254 e. The van der Waals surface area contributed by atoms with E-state index in [-0.39, 0.29) is 17.7 Å². The van der Waals surface area contributed by atoms with Gasteiger partial charge in [0.25, 0.3) is 5.91 Å². The Morgan fingerprint density at radius 1 is 1.00 bits per heavy atom. The molecule has 0 aliphatic carbocycles. The molecular formula is C23H24N4O2. The standard InChI is InChI=1S/C23H24N4O2/c1-16-14-26(23(29)20-10-6-9-19(13-20)17(2)28)15-22-25-24-21(27(16)22)12-11-18-7-4-3-5-8-18/h3-10,13,16H,11-12,14-15H2,1-2H3/t16-/m0/s1. The molecule has 0 bridgehead atoms. The zero-order valence-corrected chi connectivity index (χ0v) is 16.7. The van der Waals surface area contributed by atoms with Crippen LogP contribution < -0.4 is 0 Å². The minimum atomic E-state index is -0.0833. The second-order valence-electron chi connectivity index (χ2n) is 7.56. The predicted octanol–water partition coefficient (Wildman–Crippen LogP) is 3.48. The lowest BCUT2D eigenvalue weighted by Gasteiger charge is -2.32. The number of amides is 1. The van der Waals surface area contributed by atoms with E-state index in [1.54, 1.807) is 29.2 Å². The molecule has 0 radical (unpaired) electrons. The summed E-state index contributed by atoms with van der Waals surface area (Å²) < 4.78 is 2.17. The van der Waals surface area contributed by atoms with E-state index >= 15 is 0 Å². The zero-order valence-electron chi connectivity index (χ0n) is 16.7. The fourth-order valence-electron chi connectivity index (χ4n) is 3.89. The molecule has 3 aromatic rings. The molecule has 1 aliphatic heterocycles. The molecule has 6 nitrogen and oxygen atoms in total. The first-order valence-corrected chi connectivity index (χ1v) is 9.90. The number of carbonyl (C=O) groups excluding carboxylic acids is 2. The Morgan fingerprint density at radius 3 is 2.52 bits per heavy atom. The summed E-state index contributed by atoms with van der Waals surface area (Å²) in [6, 6.07) is 17.3. The Kier molecular flexibility index (Phi) is 5.25. The molecule has 0 spiro atoms. The number of fused-ring (bicyclic) bond motifs is 1. The second kappa shape index (κ2) is 7.99. The van der Waals surface area contributed by atoms with E-state index in [0.29, 0.717) is 24.2 Å². The Balaban J connectivity index is 1.50. The van der Waals surface area contributed by atoms with E-state index in [2.05, 4.69) is 33.8 Å². The Hall–Kier alpha value is -3.28. The summed E-state index contributed by atoms with van der Waals surface area (Å²) in [6.45, 7) is 4.61. The molecule has 0 saturated carbocycles. The Morgan fingerprint density at radius 2 is 1.76 bits per heavy atom. The summed E-state index contributed by atoms with van der Waals surface area (Å²) in [5.74, 6) is 1.64. The first kappa shape index (κ1) is 19.1. The average molecular weight is 388 g/mol. The van der Waals surface area contributed by atoms with Crippen LogP contribution in [0.3, 0.4) is 0 Å². The number of hydrogen-bond acceptors (Lipinski definition) is 4. The van der Waals surface area contributed by atoms with E-state index in [0.717, 1.165) is 24.5 Å². The number of ketones is 1. The van der Waals surface area contributed by atoms with Crippen molar-refractivity contribution >= 4 is 11.7 Å². The SMILES string of the molecule is CC(=O)c1cccc(C(=O)N2Cc3nnc(CCc4ccccc4)n3[C@@H](C)C2)c1. The van der Waals surface area contributed by atoms with Crippen molar-refractivity contribution in [3.05, 3.63) is 82.9 Å². The van der Waals surface area contributed by atoms with Gasteiger partial charge < -0.3 is 9.47 Å². The largest absolute Gasteiger partial charge is 0.329 e. The van der Waals surface area contributed by atoms with Crippen LogP contribution in [0.25, 0.3) is 0 Å². The van der Waals surface area contributed by atoms with Crippen molar-refractivity contribution in [1.29, 1.82) is 0 Å². The van der Waals surface area contributed by atoms with Crippen LogP contribution in [0.2, 0.25) is 0 Å². The highest BCUT2D eigenvalue weighted by atomic mass is 16.2. The summed E-state index contributed by atoms with van der Waals surface area (Å²) in [5, 5.41) is 8.75. The van der Waals surface area contributed by atoms with Gasteiger partial charge in [-0.1, -0.05) is 42.5 Å². The fourth-order valence-corrected chi connectivity index (χ4v) is 3.89. The lowest BCUT2D eigenvalue weighted by atomic mass is 10.1. The monoisotopic (exact) mass is 388 g/mol. The topological polar surface area (TPSA) is 68.1 Å². The minimum absolute atomic E-state index is 0.0468. The molecule has 2 heterocycles. The third kappa shape index (κ3) is 3.97. The molecule has 1 amide bonds. The molecular weight excluding hydrogens is 364 g/mol. The van der Waals surface area contributed by atoms with Crippen LogP contribution in [-0.2, 0) is 19.4 Å². The third-order valence-corrected chi connectivity index (χ3v) is 5.38. The maximum atomic E-state index is 13.0. The highest BCUT2D eigenvalue weighted by Crippen LogP contribution is 2.24. The van der Waals surface area contributed by atoms with Crippen LogP contribution in [0, 0.1) is 0 Å². The summed E-state index contributed by atoms with van der Waals surface area (Å²) >= 11 is 0. The molecule has 0 fully saturated rings. The number of Topliss-reactive ketones (excluding diaryl/α,β-unsaturated/α-hetero) is 1. The van der Waals surface area contributed by atoms with Gasteiger partial charge in [-0.25, -0.2) is 0 Å². The number of hydrogen-bond donors (Lipinski definition) is 0. The number of benzene rings is 2. The van der Waals surface area contributed by atoms with Crippen molar-refractivity contribution in [3.63, 3.8) is 0 Å². The fraction of sp³-hybridized carbons (Fsp3) is 0.304. The van der Waals surface area contributed by atoms with Crippen LogP contribution in [0.5, 0.6) is 0 Å². The Labute approximate surface area is 170 Å². The summed E-state index contributed by atoms with van der Waals surface area (Å²) in [5.41, 5.74) is 2.35. The summed E-state index contributed by atoms with van der Waals surface area (Å²) in [6.07, 6.45) is 1.72. The first-order valence-electron chi connectivity index (χ1n) is 9.90. The van der Waals surface area contributed by atoms with E-state index in [1.807, 2.05) is 18.2 Å². The highest BCUT2D eigenvalue weighted by molar-refractivity contribution is 5.99. The molecule has 1 atom stereocenters. The molecule has 2 aromatic carbocycles. The maximum absolute atomic E-state index is 13.0. The molecule has 148 valence electrons. The number of nitrogens with zero attached hydrogens (tertiary/aromatic N) is 4. The van der Waals surface area contributed by atoms with Gasteiger partial charge in [-0.15, -0.1) is 10.2 Å². The highest BCUT2D eigenvalue weighted by Gasteiger charge is 2.29. The number of aryl methyl sites for hydroxylation is 2. The molecule has 0 saturated heterocycles.